The van der Waals surface area contributed by atoms with Crippen molar-refractivity contribution < 1.29 is 14.7 Å². The number of aliphatic carboxylic acids is 1. The van der Waals surface area contributed by atoms with Crippen LogP contribution in [0.25, 0.3) is 0 Å². The predicted molar refractivity (Wildman–Crippen MR) is 101 cm³/mol. The zero-order valence-corrected chi connectivity index (χ0v) is 16.2. The maximum Gasteiger partial charge on any atom is 0.306 e. The quantitative estimate of drug-likeness (QED) is 0.288. The van der Waals surface area contributed by atoms with Crippen molar-refractivity contribution in [3.05, 3.63) is 0 Å². The second kappa shape index (κ2) is 17.0. The Hall–Kier alpha value is -0.860. The van der Waals surface area contributed by atoms with E-state index < -0.39 is 5.97 Å². The summed E-state index contributed by atoms with van der Waals surface area (Å²) in [6, 6.07) is 0. The summed E-state index contributed by atoms with van der Waals surface area (Å²) in [5.41, 5.74) is 0. The maximum absolute atomic E-state index is 10.8. The van der Waals surface area contributed by atoms with Crippen LogP contribution in [0.4, 0.5) is 0 Å². The second-order valence-electron chi connectivity index (χ2n) is 7.43. The number of ketones is 1. The molecule has 0 aliphatic rings. The lowest BCUT2D eigenvalue weighted by molar-refractivity contribution is -0.141. The average Bonchev–Trinajstić information content (AvgIpc) is 2.53. The van der Waals surface area contributed by atoms with Crippen LogP contribution in [-0.4, -0.2) is 16.9 Å². The van der Waals surface area contributed by atoms with Crippen LogP contribution in [0.15, 0.2) is 0 Å². The lowest BCUT2D eigenvalue weighted by Gasteiger charge is -2.05. The molecule has 0 bridgehead atoms. The van der Waals surface area contributed by atoms with Crippen LogP contribution in [-0.2, 0) is 9.59 Å². The molecule has 1 atom stereocenters. The van der Waals surface area contributed by atoms with Gasteiger partial charge in [-0.15, -0.1) is 0 Å². The zero-order chi connectivity index (χ0) is 18.0. The van der Waals surface area contributed by atoms with E-state index in [4.69, 9.17) is 5.11 Å². The molecule has 0 aliphatic carbocycles. The van der Waals surface area contributed by atoms with Crippen LogP contribution in [0.2, 0.25) is 0 Å². The fraction of sp³-hybridized carbons (Fsp3) is 0.905. The van der Waals surface area contributed by atoms with Gasteiger partial charge in [0.05, 0.1) is 5.92 Å². The summed E-state index contributed by atoms with van der Waals surface area (Å²) in [5, 5.41) is 8.80. The molecule has 0 aromatic carbocycles. The van der Waals surface area contributed by atoms with E-state index in [1.54, 1.807) is 13.8 Å². The SMILES string of the molecule is CC(=O)CCCCCCCCCCCCCCCCC(C)C(=O)O. The number of hydrogen-bond donors (Lipinski definition) is 1. The summed E-state index contributed by atoms with van der Waals surface area (Å²) in [7, 11) is 0. The monoisotopic (exact) mass is 340 g/mol. The van der Waals surface area contributed by atoms with E-state index in [9.17, 15) is 9.59 Å². The van der Waals surface area contributed by atoms with E-state index in [-0.39, 0.29) is 5.92 Å². The molecule has 0 saturated heterocycles. The smallest absolute Gasteiger partial charge is 0.306 e. The van der Waals surface area contributed by atoms with Crippen molar-refractivity contribution in [2.24, 2.45) is 5.92 Å². The third-order valence-electron chi connectivity index (χ3n) is 4.84. The summed E-state index contributed by atoms with van der Waals surface area (Å²) < 4.78 is 0. The molecule has 0 spiro atoms. The number of unbranched alkanes of at least 4 members (excludes halogenated alkanes) is 13. The summed E-state index contributed by atoms with van der Waals surface area (Å²) in [4.78, 5) is 21.5. The highest BCUT2D eigenvalue weighted by Crippen LogP contribution is 2.15. The van der Waals surface area contributed by atoms with Crippen molar-refractivity contribution in [2.75, 3.05) is 0 Å². The second-order valence-corrected chi connectivity index (χ2v) is 7.43. The first-order valence-electron chi connectivity index (χ1n) is 10.3. The van der Waals surface area contributed by atoms with Gasteiger partial charge in [0.2, 0.25) is 0 Å². The normalized spacial score (nSPS) is 12.2. The molecule has 0 amide bonds. The fourth-order valence-electron chi connectivity index (χ4n) is 3.07. The maximum atomic E-state index is 10.8. The van der Waals surface area contributed by atoms with Gasteiger partial charge >= 0.3 is 5.97 Å². The molecule has 0 aliphatic heterocycles. The standard InChI is InChI=1S/C21H40O3/c1-19(21(23)24)17-15-13-11-9-7-5-3-4-6-8-10-12-14-16-18-20(2)22/h19H,3-18H2,1-2H3,(H,23,24). The van der Waals surface area contributed by atoms with Crippen molar-refractivity contribution in [2.45, 2.75) is 117 Å². The summed E-state index contributed by atoms with van der Waals surface area (Å²) in [6.45, 7) is 3.48. The van der Waals surface area contributed by atoms with E-state index in [2.05, 4.69) is 0 Å². The molecule has 0 aromatic rings. The van der Waals surface area contributed by atoms with Crippen LogP contribution < -0.4 is 0 Å². The first-order chi connectivity index (χ1) is 11.5. The number of rotatable bonds is 18. The minimum absolute atomic E-state index is 0.181. The molecular weight excluding hydrogens is 300 g/mol. The Balaban J connectivity index is 3.08. The molecule has 0 heterocycles. The van der Waals surface area contributed by atoms with Crippen LogP contribution in [0.1, 0.15) is 117 Å². The molecule has 0 radical (unpaired) electrons. The highest BCUT2D eigenvalue weighted by Gasteiger charge is 2.09. The van der Waals surface area contributed by atoms with Gasteiger partial charge in [-0.05, 0) is 19.8 Å². The number of carbonyl (C=O) groups excluding carboxylic acids is 1. The number of carboxylic acid groups (broad SMARTS) is 1. The average molecular weight is 341 g/mol. The molecule has 24 heavy (non-hydrogen) atoms. The van der Waals surface area contributed by atoms with Crippen molar-refractivity contribution in [3.8, 4) is 0 Å². The molecule has 3 nitrogen and oxygen atoms in total. The van der Waals surface area contributed by atoms with Gasteiger partial charge in [-0.25, -0.2) is 0 Å². The van der Waals surface area contributed by atoms with Gasteiger partial charge in [-0.1, -0.05) is 90.4 Å². The van der Waals surface area contributed by atoms with Gasteiger partial charge in [-0.2, -0.15) is 0 Å². The minimum Gasteiger partial charge on any atom is -0.481 e. The fourth-order valence-corrected chi connectivity index (χ4v) is 3.07. The molecule has 1 N–H and O–H groups in total. The van der Waals surface area contributed by atoms with Gasteiger partial charge in [0.25, 0.3) is 0 Å². The largest absolute Gasteiger partial charge is 0.481 e. The third kappa shape index (κ3) is 17.5. The van der Waals surface area contributed by atoms with Gasteiger partial charge in [0.15, 0.2) is 0 Å². The number of hydrogen-bond acceptors (Lipinski definition) is 2. The number of Topliss-reactive ketones (excluding diaryl/α,β-unsaturated/α-hetero) is 1. The van der Waals surface area contributed by atoms with Crippen LogP contribution in [0.5, 0.6) is 0 Å². The summed E-state index contributed by atoms with van der Waals surface area (Å²) in [5.74, 6) is -0.519. The predicted octanol–water partition coefficient (Wildman–Crippen LogP) is 6.54. The molecule has 0 saturated carbocycles. The lowest BCUT2D eigenvalue weighted by Crippen LogP contribution is -2.08. The van der Waals surface area contributed by atoms with Gasteiger partial charge in [-0.3, -0.25) is 4.79 Å². The van der Waals surface area contributed by atoms with E-state index in [0.29, 0.717) is 5.78 Å². The first kappa shape index (κ1) is 23.1. The molecule has 0 fully saturated rings. The van der Waals surface area contributed by atoms with E-state index >= 15 is 0 Å². The van der Waals surface area contributed by atoms with Crippen molar-refractivity contribution in [3.63, 3.8) is 0 Å². The van der Waals surface area contributed by atoms with E-state index in [0.717, 1.165) is 25.7 Å². The van der Waals surface area contributed by atoms with Crippen LogP contribution in [0.3, 0.4) is 0 Å². The molecule has 3 heteroatoms. The highest BCUT2D eigenvalue weighted by molar-refractivity contribution is 5.75. The zero-order valence-electron chi connectivity index (χ0n) is 16.2. The van der Waals surface area contributed by atoms with E-state index in [1.165, 1.54) is 77.0 Å². The minimum atomic E-state index is -0.661. The Morgan fingerprint density at radius 1 is 0.667 bits per heavy atom. The van der Waals surface area contributed by atoms with Crippen molar-refractivity contribution in [1.29, 1.82) is 0 Å². The topological polar surface area (TPSA) is 54.4 Å². The Morgan fingerprint density at radius 2 is 1.00 bits per heavy atom. The van der Waals surface area contributed by atoms with Gasteiger partial charge < -0.3 is 9.90 Å². The Kier molecular flexibility index (Phi) is 16.4. The molecule has 0 rings (SSSR count). The van der Waals surface area contributed by atoms with Crippen LogP contribution >= 0.6 is 0 Å². The molecule has 142 valence electrons. The van der Waals surface area contributed by atoms with Gasteiger partial charge in [0, 0.05) is 6.42 Å². The van der Waals surface area contributed by atoms with E-state index in [1.807, 2.05) is 0 Å². The molecular formula is C21H40O3. The van der Waals surface area contributed by atoms with Crippen molar-refractivity contribution >= 4 is 11.8 Å². The molecule has 0 aromatic heterocycles. The lowest BCUT2D eigenvalue weighted by atomic mass is 10.0. The number of carboxylic acids is 1. The number of carbonyl (C=O) groups is 2. The molecule has 1 unspecified atom stereocenters. The van der Waals surface area contributed by atoms with Crippen LogP contribution in [0, 0.1) is 5.92 Å². The Labute approximate surface area is 149 Å². The summed E-state index contributed by atoms with van der Waals surface area (Å²) in [6.07, 6.45) is 19.4. The Morgan fingerprint density at radius 3 is 1.33 bits per heavy atom. The van der Waals surface area contributed by atoms with Gasteiger partial charge in [0.1, 0.15) is 5.78 Å². The first-order valence-corrected chi connectivity index (χ1v) is 10.3. The van der Waals surface area contributed by atoms with Crippen molar-refractivity contribution in [1.82, 2.24) is 0 Å². The third-order valence-corrected chi connectivity index (χ3v) is 4.84. The highest BCUT2D eigenvalue weighted by atomic mass is 16.4. The summed E-state index contributed by atoms with van der Waals surface area (Å²) >= 11 is 0. The Bertz CT molecular complexity index is 312.